The summed E-state index contributed by atoms with van der Waals surface area (Å²) < 4.78 is 11.1. The van der Waals surface area contributed by atoms with Crippen LogP contribution in [-0.4, -0.2) is 50.0 Å². The highest BCUT2D eigenvalue weighted by atomic mass is 16.6. The third kappa shape index (κ3) is 2.97. The van der Waals surface area contributed by atoms with Gasteiger partial charge in [0.25, 0.3) is 0 Å². The van der Waals surface area contributed by atoms with Crippen LogP contribution in [0.5, 0.6) is 11.5 Å². The molecule has 2 aliphatic heterocycles. The van der Waals surface area contributed by atoms with Crippen LogP contribution in [0.25, 0.3) is 0 Å². The SMILES string of the molecule is CCNC(C(=O)O)C1CCN(c2ccc3c(c2)OCCO3)C1. The van der Waals surface area contributed by atoms with Crippen LogP contribution in [0.2, 0.25) is 0 Å². The van der Waals surface area contributed by atoms with E-state index in [0.29, 0.717) is 19.8 Å². The average Bonchev–Trinajstić information content (AvgIpc) is 3.01. The quantitative estimate of drug-likeness (QED) is 0.855. The van der Waals surface area contributed by atoms with Crippen LogP contribution < -0.4 is 19.7 Å². The van der Waals surface area contributed by atoms with Crippen molar-refractivity contribution < 1.29 is 19.4 Å². The molecule has 2 heterocycles. The first-order valence-electron chi connectivity index (χ1n) is 7.80. The van der Waals surface area contributed by atoms with Crippen molar-refractivity contribution in [3.63, 3.8) is 0 Å². The lowest BCUT2D eigenvalue weighted by Crippen LogP contribution is -2.43. The zero-order chi connectivity index (χ0) is 15.5. The number of anilines is 1. The van der Waals surface area contributed by atoms with Crippen LogP contribution in [0.4, 0.5) is 5.69 Å². The van der Waals surface area contributed by atoms with Crippen LogP contribution in [0.3, 0.4) is 0 Å². The summed E-state index contributed by atoms with van der Waals surface area (Å²) in [6.45, 7) is 5.35. The Balaban J connectivity index is 1.71. The minimum atomic E-state index is -0.768. The zero-order valence-electron chi connectivity index (χ0n) is 12.7. The first-order chi connectivity index (χ1) is 10.7. The molecule has 2 atom stereocenters. The fourth-order valence-corrected chi connectivity index (χ4v) is 3.20. The molecule has 0 saturated carbocycles. The molecule has 2 N–H and O–H groups in total. The van der Waals surface area contributed by atoms with E-state index in [1.165, 1.54) is 0 Å². The molecule has 0 aliphatic carbocycles. The molecule has 2 unspecified atom stereocenters. The van der Waals surface area contributed by atoms with E-state index >= 15 is 0 Å². The van der Waals surface area contributed by atoms with Gasteiger partial charge in [-0.2, -0.15) is 0 Å². The van der Waals surface area contributed by atoms with Gasteiger partial charge in [0.15, 0.2) is 11.5 Å². The van der Waals surface area contributed by atoms with Crippen molar-refractivity contribution in [1.29, 1.82) is 0 Å². The number of fused-ring (bicyclic) bond motifs is 1. The Kier molecular flexibility index (Phi) is 4.38. The number of carboxylic acids is 1. The molecule has 2 aliphatic rings. The topological polar surface area (TPSA) is 71.0 Å². The summed E-state index contributed by atoms with van der Waals surface area (Å²) in [6.07, 6.45) is 0.873. The van der Waals surface area contributed by atoms with Crippen LogP contribution in [0.15, 0.2) is 18.2 Å². The van der Waals surface area contributed by atoms with Crippen molar-refractivity contribution in [1.82, 2.24) is 5.32 Å². The summed E-state index contributed by atoms with van der Waals surface area (Å²) >= 11 is 0. The maximum absolute atomic E-state index is 11.4. The minimum Gasteiger partial charge on any atom is -0.486 e. The molecular weight excluding hydrogens is 284 g/mol. The summed E-state index contributed by atoms with van der Waals surface area (Å²) in [7, 11) is 0. The number of hydrogen-bond acceptors (Lipinski definition) is 5. The smallest absolute Gasteiger partial charge is 0.321 e. The van der Waals surface area contributed by atoms with E-state index in [0.717, 1.165) is 36.7 Å². The number of ether oxygens (including phenoxy) is 2. The van der Waals surface area contributed by atoms with E-state index in [-0.39, 0.29) is 5.92 Å². The Hall–Kier alpha value is -1.95. The summed E-state index contributed by atoms with van der Waals surface area (Å²) in [4.78, 5) is 13.6. The van der Waals surface area contributed by atoms with Crippen molar-refractivity contribution in [3.05, 3.63) is 18.2 Å². The standard InChI is InChI=1S/C16H22N2O4/c1-2-17-15(16(19)20)11-5-6-18(10-11)12-3-4-13-14(9-12)22-8-7-21-13/h3-4,9,11,15,17H,2,5-8,10H2,1H3,(H,19,20). The second kappa shape index (κ2) is 6.44. The van der Waals surface area contributed by atoms with Gasteiger partial charge in [0.2, 0.25) is 0 Å². The molecule has 0 amide bonds. The summed E-state index contributed by atoms with van der Waals surface area (Å²) in [6, 6.07) is 5.45. The Morgan fingerprint density at radius 2 is 2.18 bits per heavy atom. The second-order valence-electron chi connectivity index (χ2n) is 5.70. The van der Waals surface area contributed by atoms with Crippen LogP contribution in [-0.2, 0) is 4.79 Å². The maximum Gasteiger partial charge on any atom is 0.321 e. The highest BCUT2D eigenvalue weighted by molar-refractivity contribution is 5.74. The first kappa shape index (κ1) is 15.0. The van der Waals surface area contributed by atoms with E-state index in [1.807, 2.05) is 25.1 Å². The molecule has 6 nitrogen and oxygen atoms in total. The molecule has 3 rings (SSSR count). The summed E-state index contributed by atoms with van der Waals surface area (Å²) in [5.74, 6) is 0.900. The van der Waals surface area contributed by atoms with Gasteiger partial charge in [-0.1, -0.05) is 6.92 Å². The van der Waals surface area contributed by atoms with Crippen LogP contribution in [0, 0.1) is 5.92 Å². The lowest BCUT2D eigenvalue weighted by Gasteiger charge is -2.24. The van der Waals surface area contributed by atoms with E-state index < -0.39 is 12.0 Å². The number of rotatable bonds is 5. The lowest BCUT2D eigenvalue weighted by atomic mass is 9.99. The van der Waals surface area contributed by atoms with Crippen molar-refractivity contribution in [2.24, 2.45) is 5.92 Å². The fourth-order valence-electron chi connectivity index (χ4n) is 3.20. The first-order valence-corrected chi connectivity index (χ1v) is 7.80. The molecular formula is C16H22N2O4. The number of hydrogen-bond donors (Lipinski definition) is 2. The zero-order valence-corrected chi connectivity index (χ0v) is 12.7. The average molecular weight is 306 g/mol. The third-order valence-corrected chi connectivity index (χ3v) is 4.28. The number of carbonyl (C=O) groups is 1. The van der Waals surface area contributed by atoms with Crippen molar-refractivity contribution in [3.8, 4) is 11.5 Å². The molecule has 0 radical (unpaired) electrons. The molecule has 1 aromatic carbocycles. The minimum absolute atomic E-state index is 0.116. The number of likely N-dealkylation sites (N-methyl/N-ethyl adjacent to an activating group) is 1. The number of nitrogens with one attached hydrogen (secondary N) is 1. The van der Waals surface area contributed by atoms with E-state index in [9.17, 15) is 9.90 Å². The van der Waals surface area contributed by atoms with Crippen LogP contribution >= 0.6 is 0 Å². The normalized spacial score (nSPS) is 21.7. The Labute approximate surface area is 130 Å². The molecule has 0 spiro atoms. The van der Waals surface area contributed by atoms with E-state index in [4.69, 9.17) is 9.47 Å². The van der Waals surface area contributed by atoms with E-state index in [2.05, 4.69) is 10.2 Å². The number of benzene rings is 1. The van der Waals surface area contributed by atoms with Gasteiger partial charge in [0.1, 0.15) is 19.3 Å². The largest absolute Gasteiger partial charge is 0.486 e. The third-order valence-electron chi connectivity index (χ3n) is 4.28. The second-order valence-corrected chi connectivity index (χ2v) is 5.70. The number of carboxylic acid groups (broad SMARTS) is 1. The molecule has 120 valence electrons. The lowest BCUT2D eigenvalue weighted by molar-refractivity contribution is -0.140. The van der Waals surface area contributed by atoms with Gasteiger partial charge in [-0.15, -0.1) is 0 Å². The predicted octanol–water partition coefficient (Wildman–Crippen LogP) is 1.35. The van der Waals surface area contributed by atoms with Crippen molar-refractivity contribution >= 4 is 11.7 Å². The molecule has 1 fully saturated rings. The maximum atomic E-state index is 11.4. The van der Waals surface area contributed by atoms with Gasteiger partial charge < -0.3 is 24.8 Å². The van der Waals surface area contributed by atoms with Crippen molar-refractivity contribution in [2.75, 3.05) is 37.7 Å². The van der Waals surface area contributed by atoms with Crippen molar-refractivity contribution in [2.45, 2.75) is 19.4 Å². The Morgan fingerprint density at radius 3 is 2.91 bits per heavy atom. The number of aliphatic carboxylic acids is 1. The Bertz CT molecular complexity index is 549. The van der Waals surface area contributed by atoms with E-state index in [1.54, 1.807) is 0 Å². The molecule has 1 saturated heterocycles. The van der Waals surface area contributed by atoms with Gasteiger partial charge in [0, 0.05) is 30.8 Å². The Morgan fingerprint density at radius 1 is 1.41 bits per heavy atom. The number of nitrogens with zero attached hydrogens (tertiary/aromatic N) is 1. The highest BCUT2D eigenvalue weighted by Gasteiger charge is 2.33. The van der Waals surface area contributed by atoms with Gasteiger partial charge in [-0.05, 0) is 25.1 Å². The molecule has 1 aromatic rings. The van der Waals surface area contributed by atoms with Gasteiger partial charge in [-0.3, -0.25) is 4.79 Å². The van der Waals surface area contributed by atoms with Crippen LogP contribution in [0.1, 0.15) is 13.3 Å². The molecule has 0 bridgehead atoms. The molecule has 6 heteroatoms. The summed E-state index contributed by atoms with van der Waals surface area (Å²) in [5.41, 5.74) is 1.06. The molecule has 22 heavy (non-hydrogen) atoms. The predicted molar refractivity (Wildman–Crippen MR) is 82.9 cm³/mol. The monoisotopic (exact) mass is 306 g/mol. The molecule has 0 aromatic heterocycles. The summed E-state index contributed by atoms with van der Waals surface area (Å²) in [5, 5.41) is 12.4. The van der Waals surface area contributed by atoms with Gasteiger partial charge in [0.05, 0.1) is 0 Å². The fraction of sp³-hybridized carbons (Fsp3) is 0.562. The highest BCUT2D eigenvalue weighted by Crippen LogP contribution is 2.35. The van der Waals surface area contributed by atoms with Gasteiger partial charge in [-0.25, -0.2) is 0 Å². The van der Waals surface area contributed by atoms with Gasteiger partial charge >= 0.3 is 5.97 Å².